The molecule has 15 heteroatoms. The Morgan fingerprint density at radius 2 is 1.92 bits per heavy atom. The Morgan fingerprint density at radius 3 is 2.61 bits per heavy atom. The molecule has 1 atom stereocenters. The maximum Gasteiger partial charge on any atom is 0.433 e. The topological polar surface area (TPSA) is 122 Å². The van der Waals surface area contributed by atoms with Crippen LogP contribution >= 0.6 is 11.6 Å². The number of anilines is 2. The normalized spacial score (nSPS) is 12.5. The van der Waals surface area contributed by atoms with Gasteiger partial charge in [0.25, 0.3) is 0 Å². The van der Waals surface area contributed by atoms with Crippen LogP contribution < -0.4 is 15.8 Å². The standard InChI is InChI=1S/C21H20ClF4N9O/c1-34-16(21(24,25)26)5-15(33-34)12-8-30-17(22)6-14(12)29-7-11(23)10-36-20-13(9-31-35(20)2)19-28-4-3-18(27)32-19/h3-6,8-9,11H,7,10H2,1-2H3,(H,29,30)(H2,27,28,32)/t11-/m1/s1. The van der Waals surface area contributed by atoms with Gasteiger partial charge in [0, 0.05) is 44.3 Å². The quantitative estimate of drug-likeness (QED) is 0.263. The van der Waals surface area contributed by atoms with Gasteiger partial charge < -0.3 is 15.8 Å². The molecule has 4 aromatic heterocycles. The lowest BCUT2D eigenvalue weighted by atomic mass is 10.1. The predicted molar refractivity (Wildman–Crippen MR) is 124 cm³/mol. The van der Waals surface area contributed by atoms with Crippen molar-refractivity contribution in [3.63, 3.8) is 0 Å². The molecule has 36 heavy (non-hydrogen) atoms. The molecular formula is C21H20ClF4N9O. The molecule has 190 valence electrons. The fraction of sp³-hybridized carbons (Fsp3) is 0.286. The van der Waals surface area contributed by atoms with Gasteiger partial charge in [0.2, 0.25) is 5.88 Å². The summed E-state index contributed by atoms with van der Waals surface area (Å²) < 4.78 is 62.1. The molecule has 0 fully saturated rings. The molecule has 0 aliphatic carbocycles. The van der Waals surface area contributed by atoms with E-state index in [1.54, 1.807) is 7.05 Å². The van der Waals surface area contributed by atoms with Gasteiger partial charge in [-0.05, 0) is 18.2 Å². The SMILES string of the molecule is Cn1nc(-c2cnc(Cl)cc2NC[C@@H](F)COc2c(-c3nccc(N)n3)cnn2C)cc1C(F)(F)F. The Hall–Kier alpha value is -3.94. The fourth-order valence-corrected chi connectivity index (χ4v) is 3.50. The minimum absolute atomic E-state index is 0.00445. The van der Waals surface area contributed by atoms with E-state index in [4.69, 9.17) is 22.1 Å². The first kappa shape index (κ1) is 25.2. The summed E-state index contributed by atoms with van der Waals surface area (Å²) in [4.78, 5) is 12.2. The second-order valence-corrected chi connectivity index (χ2v) is 8.06. The van der Waals surface area contributed by atoms with E-state index >= 15 is 0 Å². The molecule has 0 amide bonds. The van der Waals surface area contributed by atoms with Gasteiger partial charge >= 0.3 is 6.18 Å². The van der Waals surface area contributed by atoms with Crippen molar-refractivity contribution in [3.8, 4) is 28.5 Å². The molecular weight excluding hydrogens is 506 g/mol. The molecule has 10 nitrogen and oxygen atoms in total. The summed E-state index contributed by atoms with van der Waals surface area (Å²) in [5.74, 6) is 0.768. The first-order chi connectivity index (χ1) is 17.0. The molecule has 0 spiro atoms. The monoisotopic (exact) mass is 525 g/mol. The van der Waals surface area contributed by atoms with Crippen LogP contribution in [-0.2, 0) is 20.3 Å². The van der Waals surface area contributed by atoms with E-state index < -0.39 is 18.0 Å². The van der Waals surface area contributed by atoms with Gasteiger partial charge in [-0.15, -0.1) is 0 Å². The van der Waals surface area contributed by atoms with Gasteiger partial charge in [-0.1, -0.05) is 11.6 Å². The summed E-state index contributed by atoms with van der Waals surface area (Å²) >= 11 is 5.96. The van der Waals surface area contributed by atoms with Crippen LogP contribution in [0.5, 0.6) is 5.88 Å². The lowest BCUT2D eigenvalue weighted by molar-refractivity contribution is -0.143. The zero-order valence-corrected chi connectivity index (χ0v) is 19.7. The largest absolute Gasteiger partial charge is 0.474 e. The van der Waals surface area contributed by atoms with E-state index in [1.807, 2.05) is 0 Å². The Labute approximate surface area is 207 Å². The lowest BCUT2D eigenvalue weighted by Crippen LogP contribution is -2.23. The molecule has 0 aliphatic heterocycles. The van der Waals surface area contributed by atoms with Crippen LogP contribution in [0.3, 0.4) is 0 Å². The van der Waals surface area contributed by atoms with Crippen molar-refractivity contribution in [1.82, 2.24) is 34.5 Å². The highest BCUT2D eigenvalue weighted by molar-refractivity contribution is 6.29. The Morgan fingerprint density at radius 1 is 1.14 bits per heavy atom. The Kier molecular flexibility index (Phi) is 6.97. The zero-order chi connectivity index (χ0) is 26.0. The zero-order valence-electron chi connectivity index (χ0n) is 19.0. The van der Waals surface area contributed by atoms with Crippen LogP contribution in [0.2, 0.25) is 5.15 Å². The predicted octanol–water partition coefficient (Wildman–Crippen LogP) is 3.76. The summed E-state index contributed by atoms with van der Waals surface area (Å²) in [5, 5.41) is 10.9. The molecule has 3 N–H and O–H groups in total. The van der Waals surface area contributed by atoms with E-state index in [0.717, 1.165) is 10.7 Å². The Bertz CT molecular complexity index is 1370. The van der Waals surface area contributed by atoms with Crippen LogP contribution in [0.4, 0.5) is 29.1 Å². The number of pyridine rings is 1. The van der Waals surface area contributed by atoms with Crippen LogP contribution in [0.15, 0.2) is 36.8 Å². The second kappa shape index (κ2) is 9.97. The maximum atomic E-state index is 14.8. The number of alkyl halides is 4. The molecule has 0 aliphatic rings. The molecule has 0 radical (unpaired) electrons. The van der Waals surface area contributed by atoms with Gasteiger partial charge in [0.05, 0.1) is 11.9 Å². The maximum absolute atomic E-state index is 14.8. The van der Waals surface area contributed by atoms with Gasteiger partial charge in [-0.25, -0.2) is 24.0 Å². The summed E-state index contributed by atoms with van der Waals surface area (Å²) in [6, 6.07) is 3.79. The van der Waals surface area contributed by atoms with E-state index in [0.29, 0.717) is 5.56 Å². The molecule has 0 saturated carbocycles. The molecule has 0 unspecified atom stereocenters. The average Bonchev–Trinajstić information content (AvgIpc) is 3.38. The third kappa shape index (κ3) is 5.48. The molecule has 4 aromatic rings. The molecule has 0 saturated heterocycles. The minimum atomic E-state index is -4.59. The molecule has 4 heterocycles. The summed E-state index contributed by atoms with van der Waals surface area (Å²) in [6.45, 7) is -0.605. The third-order valence-corrected chi connectivity index (χ3v) is 5.24. The number of rotatable bonds is 8. The van der Waals surface area contributed by atoms with Crippen molar-refractivity contribution >= 4 is 23.1 Å². The minimum Gasteiger partial charge on any atom is -0.474 e. The highest BCUT2D eigenvalue weighted by Crippen LogP contribution is 2.34. The molecule has 0 bridgehead atoms. The first-order valence-electron chi connectivity index (χ1n) is 10.4. The molecule has 0 aromatic carbocycles. The number of aromatic nitrogens is 7. The van der Waals surface area contributed by atoms with Gasteiger partial charge in [-0.3, -0.25) is 4.68 Å². The van der Waals surface area contributed by atoms with Crippen molar-refractivity contribution in [2.75, 3.05) is 24.2 Å². The number of ether oxygens (including phenoxy) is 1. The fourth-order valence-electron chi connectivity index (χ4n) is 3.35. The van der Waals surface area contributed by atoms with Crippen LogP contribution in [0.1, 0.15) is 5.69 Å². The van der Waals surface area contributed by atoms with E-state index in [1.165, 1.54) is 42.5 Å². The van der Waals surface area contributed by atoms with E-state index in [-0.39, 0.29) is 52.8 Å². The van der Waals surface area contributed by atoms with Crippen molar-refractivity contribution in [3.05, 3.63) is 47.6 Å². The summed E-state index contributed by atoms with van der Waals surface area (Å²) in [5.41, 5.74) is 5.69. The van der Waals surface area contributed by atoms with Crippen molar-refractivity contribution in [2.45, 2.75) is 12.3 Å². The van der Waals surface area contributed by atoms with Crippen LogP contribution in [0.25, 0.3) is 22.6 Å². The number of hydrogen-bond donors (Lipinski definition) is 2. The lowest BCUT2D eigenvalue weighted by Gasteiger charge is -2.15. The number of halogens is 5. The van der Waals surface area contributed by atoms with Crippen LogP contribution in [-0.4, -0.2) is 53.8 Å². The second-order valence-electron chi connectivity index (χ2n) is 7.67. The van der Waals surface area contributed by atoms with Crippen molar-refractivity contribution < 1.29 is 22.3 Å². The highest BCUT2D eigenvalue weighted by Gasteiger charge is 2.35. The Balaban J connectivity index is 1.46. The average molecular weight is 526 g/mol. The number of nitrogens with one attached hydrogen (secondary N) is 1. The first-order valence-corrected chi connectivity index (χ1v) is 10.8. The number of aryl methyl sites for hydroxylation is 2. The number of nitrogens with zero attached hydrogens (tertiary/aromatic N) is 7. The van der Waals surface area contributed by atoms with Crippen LogP contribution in [0, 0.1) is 0 Å². The van der Waals surface area contributed by atoms with Crippen molar-refractivity contribution in [2.24, 2.45) is 14.1 Å². The molecule has 4 rings (SSSR count). The summed E-state index contributed by atoms with van der Waals surface area (Å²) in [7, 11) is 2.79. The van der Waals surface area contributed by atoms with Gasteiger partial charge in [-0.2, -0.15) is 23.4 Å². The van der Waals surface area contributed by atoms with E-state index in [2.05, 4.69) is 30.5 Å². The number of nitrogen functional groups attached to an aromatic ring is 1. The van der Waals surface area contributed by atoms with Gasteiger partial charge in [0.15, 0.2) is 12.0 Å². The number of hydrogen-bond acceptors (Lipinski definition) is 8. The smallest absolute Gasteiger partial charge is 0.433 e. The number of nitrogens with two attached hydrogens (primary N) is 1. The van der Waals surface area contributed by atoms with Crippen molar-refractivity contribution in [1.29, 1.82) is 0 Å². The van der Waals surface area contributed by atoms with E-state index in [9.17, 15) is 17.6 Å². The summed E-state index contributed by atoms with van der Waals surface area (Å²) in [6.07, 6.45) is -1.89. The highest BCUT2D eigenvalue weighted by atomic mass is 35.5. The third-order valence-electron chi connectivity index (χ3n) is 5.03. The van der Waals surface area contributed by atoms with Gasteiger partial charge in [0.1, 0.15) is 28.8 Å².